The van der Waals surface area contributed by atoms with Crippen LogP contribution in [-0.2, 0) is 4.74 Å². The van der Waals surface area contributed by atoms with Gasteiger partial charge in [-0.2, -0.15) is 0 Å². The fourth-order valence-electron chi connectivity index (χ4n) is 1.82. The van der Waals surface area contributed by atoms with Gasteiger partial charge < -0.3 is 9.64 Å². The number of ether oxygens (including phenoxy) is 1. The molecule has 0 bridgehead atoms. The second-order valence-corrected chi connectivity index (χ2v) is 4.70. The number of carbonyl (C=O) groups is 1. The number of carbonyl (C=O) groups excluding carboxylic acids is 1. The Morgan fingerprint density at radius 2 is 1.80 bits per heavy atom. The molecule has 1 saturated carbocycles. The summed E-state index contributed by atoms with van der Waals surface area (Å²) in [6, 6.07) is 0.576. The maximum absolute atomic E-state index is 11.6. The molecule has 1 aliphatic carbocycles. The van der Waals surface area contributed by atoms with Crippen molar-refractivity contribution in [3.8, 4) is 0 Å². The summed E-state index contributed by atoms with van der Waals surface area (Å²) in [6.07, 6.45) is 2.22. The van der Waals surface area contributed by atoms with Crippen LogP contribution in [0.4, 0.5) is 4.79 Å². The van der Waals surface area contributed by atoms with E-state index in [1.807, 2.05) is 4.90 Å². The maximum Gasteiger partial charge on any atom is 0.410 e. The van der Waals surface area contributed by atoms with Gasteiger partial charge in [-0.05, 0) is 26.7 Å². The first-order valence-corrected chi connectivity index (χ1v) is 5.86. The molecule has 0 spiro atoms. The molecule has 1 heterocycles. The highest BCUT2D eigenvalue weighted by atomic mass is 16.6. The lowest BCUT2D eigenvalue weighted by atomic mass is 10.2. The molecule has 0 aromatic carbocycles. The van der Waals surface area contributed by atoms with Crippen LogP contribution in [0.5, 0.6) is 0 Å². The highest BCUT2D eigenvalue weighted by Crippen LogP contribution is 2.24. The summed E-state index contributed by atoms with van der Waals surface area (Å²) in [5.41, 5.74) is 0. The van der Waals surface area contributed by atoms with Crippen LogP contribution in [0, 0.1) is 0 Å². The van der Waals surface area contributed by atoms with E-state index in [0.717, 1.165) is 39.0 Å². The zero-order valence-corrected chi connectivity index (χ0v) is 9.61. The van der Waals surface area contributed by atoms with Gasteiger partial charge in [-0.15, -0.1) is 0 Å². The van der Waals surface area contributed by atoms with E-state index in [1.165, 1.54) is 0 Å². The lowest BCUT2D eigenvalue weighted by Gasteiger charge is -2.36. The van der Waals surface area contributed by atoms with Crippen LogP contribution in [0.25, 0.3) is 0 Å². The van der Waals surface area contributed by atoms with Crippen LogP contribution in [0.1, 0.15) is 26.7 Å². The van der Waals surface area contributed by atoms with Crippen LogP contribution in [0.3, 0.4) is 0 Å². The minimum Gasteiger partial charge on any atom is -0.446 e. The zero-order valence-electron chi connectivity index (χ0n) is 9.61. The van der Waals surface area contributed by atoms with Crippen molar-refractivity contribution in [2.24, 2.45) is 0 Å². The topological polar surface area (TPSA) is 32.8 Å². The molecule has 1 saturated heterocycles. The van der Waals surface area contributed by atoms with Crippen LogP contribution in [0.15, 0.2) is 0 Å². The summed E-state index contributed by atoms with van der Waals surface area (Å²) in [5.74, 6) is 0. The van der Waals surface area contributed by atoms with Gasteiger partial charge in [-0.25, -0.2) is 4.79 Å². The van der Waals surface area contributed by atoms with E-state index < -0.39 is 0 Å². The first-order chi connectivity index (χ1) is 7.16. The Morgan fingerprint density at radius 1 is 1.20 bits per heavy atom. The Bertz CT molecular complexity index is 231. The second-order valence-electron chi connectivity index (χ2n) is 4.70. The van der Waals surface area contributed by atoms with Crippen molar-refractivity contribution >= 4 is 6.09 Å². The molecule has 0 aromatic heterocycles. The van der Waals surface area contributed by atoms with Crippen molar-refractivity contribution in [2.75, 3.05) is 26.2 Å². The third-order valence-electron chi connectivity index (χ3n) is 3.09. The van der Waals surface area contributed by atoms with Crippen LogP contribution in [0.2, 0.25) is 0 Å². The standard InChI is InChI=1S/C11H20N2O2/c1-9(2)12-5-7-13(8-6-12)11(14)15-10-3-4-10/h9-10H,3-8H2,1-2H3. The van der Waals surface area contributed by atoms with E-state index in [2.05, 4.69) is 18.7 Å². The van der Waals surface area contributed by atoms with Crippen molar-refractivity contribution in [2.45, 2.75) is 38.8 Å². The molecule has 0 unspecified atom stereocenters. The molecule has 4 nitrogen and oxygen atoms in total. The maximum atomic E-state index is 11.6. The van der Waals surface area contributed by atoms with Gasteiger partial charge in [0.25, 0.3) is 0 Å². The molecule has 86 valence electrons. The largest absolute Gasteiger partial charge is 0.446 e. The number of rotatable bonds is 2. The number of amides is 1. The molecule has 0 atom stereocenters. The molecule has 15 heavy (non-hydrogen) atoms. The lowest BCUT2D eigenvalue weighted by molar-refractivity contribution is 0.0641. The third kappa shape index (κ3) is 2.84. The summed E-state index contributed by atoms with van der Waals surface area (Å²) >= 11 is 0. The van der Waals surface area contributed by atoms with Crippen molar-refractivity contribution in [1.82, 2.24) is 9.80 Å². The van der Waals surface area contributed by atoms with Gasteiger partial charge in [0.05, 0.1) is 0 Å². The van der Waals surface area contributed by atoms with Gasteiger partial charge in [-0.3, -0.25) is 4.90 Å². The molecule has 1 aliphatic heterocycles. The molecular weight excluding hydrogens is 192 g/mol. The lowest BCUT2D eigenvalue weighted by Crippen LogP contribution is -2.50. The summed E-state index contributed by atoms with van der Waals surface area (Å²) in [4.78, 5) is 15.8. The molecule has 0 N–H and O–H groups in total. The minimum atomic E-state index is -0.110. The number of hydrogen-bond acceptors (Lipinski definition) is 3. The van der Waals surface area contributed by atoms with Crippen molar-refractivity contribution in [1.29, 1.82) is 0 Å². The fourth-order valence-corrected chi connectivity index (χ4v) is 1.82. The van der Waals surface area contributed by atoms with Gasteiger partial charge in [-0.1, -0.05) is 0 Å². The van der Waals surface area contributed by atoms with Crippen LogP contribution in [-0.4, -0.2) is 54.2 Å². The number of piperazine rings is 1. The van der Waals surface area contributed by atoms with Gasteiger partial charge >= 0.3 is 6.09 Å². The average molecular weight is 212 g/mol. The van der Waals surface area contributed by atoms with Gasteiger partial charge in [0, 0.05) is 32.2 Å². The van der Waals surface area contributed by atoms with E-state index in [0.29, 0.717) is 6.04 Å². The molecule has 2 rings (SSSR count). The molecule has 0 radical (unpaired) electrons. The molecule has 2 fully saturated rings. The minimum absolute atomic E-state index is 0.110. The van der Waals surface area contributed by atoms with E-state index in [4.69, 9.17) is 4.74 Å². The highest BCUT2D eigenvalue weighted by Gasteiger charge is 2.30. The quantitative estimate of drug-likeness (QED) is 0.692. The fraction of sp³-hybridized carbons (Fsp3) is 0.909. The first-order valence-electron chi connectivity index (χ1n) is 5.86. The van der Waals surface area contributed by atoms with Crippen molar-refractivity contribution < 1.29 is 9.53 Å². The van der Waals surface area contributed by atoms with Crippen molar-refractivity contribution in [3.63, 3.8) is 0 Å². The summed E-state index contributed by atoms with van der Waals surface area (Å²) in [6.45, 7) is 7.94. The smallest absolute Gasteiger partial charge is 0.410 e. The van der Waals surface area contributed by atoms with E-state index in [1.54, 1.807) is 0 Å². The average Bonchev–Trinajstić information content (AvgIpc) is 3.02. The Kier molecular flexibility index (Phi) is 3.14. The second kappa shape index (κ2) is 4.39. The predicted molar refractivity (Wildman–Crippen MR) is 57.8 cm³/mol. The molecule has 4 heteroatoms. The molecule has 2 aliphatic rings. The molecule has 0 aromatic rings. The third-order valence-corrected chi connectivity index (χ3v) is 3.09. The van der Waals surface area contributed by atoms with Gasteiger partial charge in [0.1, 0.15) is 6.10 Å². The summed E-state index contributed by atoms with van der Waals surface area (Å²) in [5, 5.41) is 0. The van der Waals surface area contributed by atoms with E-state index in [9.17, 15) is 4.79 Å². The Labute approximate surface area is 91.2 Å². The molecule has 1 amide bonds. The zero-order chi connectivity index (χ0) is 10.8. The Morgan fingerprint density at radius 3 is 2.27 bits per heavy atom. The van der Waals surface area contributed by atoms with Crippen LogP contribution < -0.4 is 0 Å². The summed E-state index contributed by atoms with van der Waals surface area (Å²) in [7, 11) is 0. The number of nitrogens with zero attached hydrogens (tertiary/aromatic N) is 2. The molecular formula is C11H20N2O2. The van der Waals surface area contributed by atoms with Crippen molar-refractivity contribution in [3.05, 3.63) is 0 Å². The predicted octanol–water partition coefficient (Wildman–Crippen LogP) is 1.31. The van der Waals surface area contributed by atoms with Gasteiger partial charge in [0.15, 0.2) is 0 Å². The summed E-state index contributed by atoms with van der Waals surface area (Å²) < 4.78 is 5.26. The SMILES string of the molecule is CC(C)N1CCN(C(=O)OC2CC2)CC1. The Balaban J connectivity index is 1.74. The van der Waals surface area contributed by atoms with Gasteiger partial charge in [0.2, 0.25) is 0 Å². The van der Waals surface area contributed by atoms with E-state index >= 15 is 0 Å². The Hall–Kier alpha value is -0.770. The van der Waals surface area contributed by atoms with E-state index in [-0.39, 0.29) is 12.2 Å². The first kappa shape index (κ1) is 10.7. The highest BCUT2D eigenvalue weighted by molar-refractivity contribution is 5.68. The monoisotopic (exact) mass is 212 g/mol. The number of hydrogen-bond donors (Lipinski definition) is 0. The van der Waals surface area contributed by atoms with Crippen LogP contribution >= 0.6 is 0 Å². The normalized spacial score (nSPS) is 23.3.